The molecule has 1 unspecified atom stereocenters. The molecule has 46 heavy (non-hydrogen) atoms. The zero-order valence-electron chi connectivity index (χ0n) is 25.3. The van der Waals surface area contributed by atoms with Gasteiger partial charge in [0.1, 0.15) is 24.2 Å². The van der Waals surface area contributed by atoms with Crippen LogP contribution in [0, 0.1) is 19.7 Å². The average molecular weight is 675 g/mol. The van der Waals surface area contributed by atoms with Crippen LogP contribution in [0.5, 0.6) is 5.75 Å². The van der Waals surface area contributed by atoms with Crippen LogP contribution in [0.2, 0.25) is 10.0 Å². The van der Waals surface area contributed by atoms with E-state index < -0.39 is 6.04 Å². The fourth-order valence-electron chi connectivity index (χ4n) is 5.24. The maximum Gasteiger partial charge on any atom is 0.255 e. The van der Waals surface area contributed by atoms with E-state index in [4.69, 9.17) is 33.0 Å². The van der Waals surface area contributed by atoms with Crippen molar-refractivity contribution in [2.75, 3.05) is 10.6 Å². The second-order valence-corrected chi connectivity index (χ2v) is 12.8. The third-order valence-electron chi connectivity index (χ3n) is 7.63. The topological polar surface area (TPSA) is 81.1 Å². The number of allylic oxidation sites excluding steroid dienone is 1. The lowest BCUT2D eigenvalue weighted by molar-refractivity contribution is -0.113. The van der Waals surface area contributed by atoms with Gasteiger partial charge in [-0.25, -0.2) is 9.07 Å². The molecular weight excluding hydrogens is 644 g/mol. The lowest BCUT2D eigenvalue weighted by atomic mass is 9.94. The summed E-state index contributed by atoms with van der Waals surface area (Å²) in [5.41, 5.74) is 6.11. The number of benzene rings is 4. The zero-order chi connectivity index (χ0) is 32.4. The highest BCUT2D eigenvalue weighted by molar-refractivity contribution is 7.98. The molecule has 11 heteroatoms. The number of hydrogen-bond donors (Lipinski definition) is 2. The van der Waals surface area contributed by atoms with Crippen molar-refractivity contribution in [1.29, 1.82) is 0 Å². The van der Waals surface area contributed by atoms with E-state index in [1.165, 1.54) is 17.8 Å². The van der Waals surface area contributed by atoms with Gasteiger partial charge in [0.15, 0.2) is 0 Å². The molecule has 0 saturated carbocycles. The second kappa shape index (κ2) is 13.6. The van der Waals surface area contributed by atoms with Gasteiger partial charge in [-0.1, -0.05) is 89.1 Å². The molecular formula is C35H30Cl2FN5O2S. The van der Waals surface area contributed by atoms with E-state index in [1.54, 1.807) is 35.0 Å². The van der Waals surface area contributed by atoms with Gasteiger partial charge in [-0.3, -0.25) is 4.79 Å². The van der Waals surface area contributed by atoms with Gasteiger partial charge in [0.05, 0.1) is 5.57 Å². The van der Waals surface area contributed by atoms with Gasteiger partial charge in [-0.2, -0.15) is 4.98 Å². The van der Waals surface area contributed by atoms with Gasteiger partial charge in [-0.05, 0) is 73.9 Å². The van der Waals surface area contributed by atoms with Gasteiger partial charge in [0.2, 0.25) is 11.1 Å². The molecule has 0 radical (unpaired) electrons. The Hall–Kier alpha value is -4.31. The van der Waals surface area contributed by atoms with Crippen LogP contribution in [-0.4, -0.2) is 20.7 Å². The smallest absolute Gasteiger partial charge is 0.255 e. The molecule has 5 aromatic rings. The molecule has 1 aliphatic rings. The van der Waals surface area contributed by atoms with Crippen LogP contribution in [0.1, 0.15) is 40.8 Å². The highest BCUT2D eigenvalue weighted by Crippen LogP contribution is 2.38. The normalized spacial score (nSPS) is 14.1. The van der Waals surface area contributed by atoms with Crippen LogP contribution < -0.4 is 15.4 Å². The number of fused-ring (bicyclic) bond motifs is 1. The van der Waals surface area contributed by atoms with Crippen molar-refractivity contribution in [2.24, 2.45) is 0 Å². The van der Waals surface area contributed by atoms with E-state index in [1.807, 2.05) is 69.3 Å². The predicted molar refractivity (Wildman–Crippen MR) is 182 cm³/mol. The first kappa shape index (κ1) is 31.7. The number of nitrogens with zero attached hydrogens (tertiary/aromatic N) is 3. The van der Waals surface area contributed by atoms with Crippen LogP contribution in [-0.2, 0) is 17.2 Å². The molecule has 1 aromatic heterocycles. The second-order valence-electron chi connectivity index (χ2n) is 11.0. The van der Waals surface area contributed by atoms with Crippen molar-refractivity contribution in [1.82, 2.24) is 14.8 Å². The summed E-state index contributed by atoms with van der Waals surface area (Å²) in [6, 6.07) is 24.7. The van der Waals surface area contributed by atoms with E-state index >= 15 is 0 Å². The van der Waals surface area contributed by atoms with Crippen LogP contribution in [0.4, 0.5) is 16.0 Å². The number of halogens is 3. The van der Waals surface area contributed by atoms with Crippen molar-refractivity contribution in [3.8, 4) is 5.75 Å². The maximum atomic E-state index is 14.3. The molecule has 2 N–H and O–H groups in total. The lowest BCUT2D eigenvalue weighted by Crippen LogP contribution is -2.31. The fourth-order valence-corrected chi connectivity index (χ4v) is 6.52. The molecule has 2 heterocycles. The zero-order valence-corrected chi connectivity index (χ0v) is 27.6. The van der Waals surface area contributed by atoms with Gasteiger partial charge < -0.3 is 15.4 Å². The minimum atomic E-state index is -0.600. The Labute approximate surface area is 280 Å². The number of anilines is 2. The van der Waals surface area contributed by atoms with E-state index in [9.17, 15) is 9.18 Å². The molecule has 1 amide bonds. The molecule has 0 fully saturated rings. The number of amides is 1. The number of ether oxygens (including phenoxy) is 1. The third kappa shape index (κ3) is 6.92. The summed E-state index contributed by atoms with van der Waals surface area (Å²) in [6.07, 6.45) is 0. The number of thioether (sulfide) groups is 1. The molecule has 0 bridgehead atoms. The lowest BCUT2D eigenvalue weighted by Gasteiger charge is -2.29. The molecule has 6 rings (SSSR count). The van der Waals surface area contributed by atoms with Crippen LogP contribution in [0.15, 0.2) is 101 Å². The Kier molecular flexibility index (Phi) is 9.35. The minimum Gasteiger partial charge on any atom is -0.489 e. The maximum absolute atomic E-state index is 14.3. The van der Waals surface area contributed by atoms with Crippen molar-refractivity contribution in [2.45, 2.75) is 44.3 Å². The molecule has 0 spiro atoms. The summed E-state index contributed by atoms with van der Waals surface area (Å²) in [4.78, 5) is 18.7. The number of nitrogens with one attached hydrogen (secondary N) is 2. The summed E-state index contributed by atoms with van der Waals surface area (Å²) in [5, 5.41) is 12.7. The highest BCUT2D eigenvalue weighted by Gasteiger charge is 2.34. The number of carbonyl (C=O) groups excluding carboxylic acids is 1. The molecule has 0 saturated heterocycles. The van der Waals surface area contributed by atoms with E-state index in [0.29, 0.717) is 49.5 Å². The monoisotopic (exact) mass is 673 g/mol. The number of hydrogen-bond acceptors (Lipinski definition) is 6. The Morgan fingerprint density at radius 1 is 1.00 bits per heavy atom. The first-order valence-corrected chi connectivity index (χ1v) is 16.3. The van der Waals surface area contributed by atoms with Crippen molar-refractivity contribution < 1.29 is 13.9 Å². The summed E-state index contributed by atoms with van der Waals surface area (Å²) >= 11 is 13.7. The van der Waals surface area contributed by atoms with Crippen LogP contribution in [0.25, 0.3) is 0 Å². The number of aromatic nitrogens is 3. The van der Waals surface area contributed by atoms with E-state index in [-0.39, 0.29) is 18.3 Å². The number of aryl methyl sites for hydroxylation is 2. The Bertz CT molecular complexity index is 1960. The first-order valence-electron chi connectivity index (χ1n) is 14.5. The van der Waals surface area contributed by atoms with Crippen molar-refractivity contribution >= 4 is 52.5 Å². The SMILES string of the molecule is CC1=C(C(=O)Nc2ccc(C)cc2C)C(c2ccc(OCc3ccc(Cl)cc3Cl)cc2)n2nc(SCc3ccccc3F)nc2N1. The highest BCUT2D eigenvalue weighted by atomic mass is 35.5. The van der Waals surface area contributed by atoms with Gasteiger partial charge in [-0.15, -0.1) is 5.10 Å². The average Bonchev–Trinajstić information content (AvgIpc) is 3.43. The third-order valence-corrected chi connectivity index (χ3v) is 9.10. The van der Waals surface area contributed by atoms with Crippen LogP contribution >= 0.6 is 35.0 Å². The molecule has 7 nitrogen and oxygen atoms in total. The molecule has 234 valence electrons. The first-order chi connectivity index (χ1) is 22.2. The van der Waals surface area contributed by atoms with E-state index in [0.717, 1.165) is 27.9 Å². The summed E-state index contributed by atoms with van der Waals surface area (Å²) in [7, 11) is 0. The Morgan fingerprint density at radius 2 is 1.78 bits per heavy atom. The Morgan fingerprint density at radius 3 is 2.52 bits per heavy atom. The molecule has 0 aliphatic carbocycles. The standard InChI is InChI=1S/C35H30Cl2FN5O2S/c1-20-8-15-30(21(2)16-20)40-33(44)31-22(3)39-34-41-35(46-19-25-6-4-5-7-29(25)38)42-43(34)32(31)23-10-13-27(14-11-23)45-18-24-9-12-26(36)17-28(24)37/h4-17,32H,18-19H2,1-3H3,(H,40,44)(H,39,41,42). The van der Waals surface area contributed by atoms with Gasteiger partial charge in [0.25, 0.3) is 5.91 Å². The largest absolute Gasteiger partial charge is 0.489 e. The minimum absolute atomic E-state index is 0.263. The number of carbonyl (C=O) groups is 1. The molecule has 1 aliphatic heterocycles. The predicted octanol–water partition coefficient (Wildman–Crippen LogP) is 9.14. The van der Waals surface area contributed by atoms with Gasteiger partial charge in [0, 0.05) is 32.7 Å². The van der Waals surface area contributed by atoms with Gasteiger partial charge >= 0.3 is 0 Å². The fraction of sp³-hybridized carbons (Fsp3) is 0.171. The quantitative estimate of drug-likeness (QED) is 0.152. The summed E-state index contributed by atoms with van der Waals surface area (Å²) < 4.78 is 22.0. The van der Waals surface area contributed by atoms with Crippen molar-refractivity contribution in [3.05, 3.63) is 140 Å². The molecule has 1 atom stereocenters. The Balaban J connectivity index is 1.30. The summed E-state index contributed by atoms with van der Waals surface area (Å²) in [6.45, 7) is 6.09. The van der Waals surface area contributed by atoms with Crippen LogP contribution in [0.3, 0.4) is 0 Å². The van der Waals surface area contributed by atoms with Crippen molar-refractivity contribution in [3.63, 3.8) is 0 Å². The van der Waals surface area contributed by atoms with E-state index in [2.05, 4.69) is 15.6 Å². The molecule has 4 aromatic carbocycles. The summed E-state index contributed by atoms with van der Waals surface area (Å²) in [5.74, 6) is 0.932. The number of rotatable bonds is 9.